The summed E-state index contributed by atoms with van der Waals surface area (Å²) in [5.74, 6) is 0. The van der Waals surface area contributed by atoms with Crippen molar-refractivity contribution in [2.45, 2.75) is 54.0 Å². The van der Waals surface area contributed by atoms with Gasteiger partial charge in [-0.1, -0.05) is 27.7 Å². The molecule has 0 aliphatic rings. The van der Waals surface area contributed by atoms with Crippen LogP contribution in [0.1, 0.15) is 57.7 Å². The molecule has 1 heterocycles. The molecule has 1 rings (SSSR count). The second-order valence-electron chi connectivity index (χ2n) is 6.54. The van der Waals surface area contributed by atoms with Crippen molar-refractivity contribution >= 4 is 16.5 Å². The van der Waals surface area contributed by atoms with E-state index in [0.717, 1.165) is 23.9 Å². The molecule has 3 nitrogen and oxygen atoms in total. The Hall–Kier alpha value is -0.610. The molecular formula is C15H29N3S. The summed E-state index contributed by atoms with van der Waals surface area (Å²) in [4.78, 5) is 8.36. The quantitative estimate of drug-likeness (QED) is 0.855. The molecule has 0 saturated carbocycles. The van der Waals surface area contributed by atoms with Crippen molar-refractivity contribution in [1.82, 2.24) is 10.3 Å². The first-order valence-electron chi connectivity index (χ1n) is 7.16. The van der Waals surface area contributed by atoms with E-state index in [1.165, 1.54) is 11.3 Å². The molecule has 0 aromatic carbocycles. The number of aromatic nitrogens is 1. The van der Waals surface area contributed by atoms with Crippen LogP contribution < -0.4 is 10.2 Å². The van der Waals surface area contributed by atoms with Gasteiger partial charge in [0.1, 0.15) is 0 Å². The van der Waals surface area contributed by atoms with Crippen molar-refractivity contribution in [1.29, 1.82) is 0 Å². The highest BCUT2D eigenvalue weighted by Gasteiger charge is 2.19. The Morgan fingerprint density at radius 2 is 2.00 bits per heavy atom. The Morgan fingerprint density at radius 3 is 2.53 bits per heavy atom. The molecule has 110 valence electrons. The van der Waals surface area contributed by atoms with Gasteiger partial charge in [-0.2, -0.15) is 0 Å². The van der Waals surface area contributed by atoms with E-state index in [2.05, 4.69) is 58.8 Å². The fraction of sp³-hybridized carbons (Fsp3) is 0.800. The zero-order chi connectivity index (χ0) is 14.6. The predicted molar refractivity (Wildman–Crippen MR) is 86.3 cm³/mol. The highest BCUT2D eigenvalue weighted by molar-refractivity contribution is 7.15. The van der Waals surface area contributed by atoms with Crippen molar-refractivity contribution < 1.29 is 0 Å². The largest absolute Gasteiger partial charge is 0.351 e. The van der Waals surface area contributed by atoms with Crippen LogP contribution in [0.2, 0.25) is 0 Å². The minimum absolute atomic E-state index is 0.292. The Bertz CT molecular complexity index is 393. The van der Waals surface area contributed by atoms with Gasteiger partial charge in [-0.15, -0.1) is 11.3 Å². The van der Waals surface area contributed by atoms with Gasteiger partial charge in [0.05, 0.1) is 5.69 Å². The van der Waals surface area contributed by atoms with Crippen LogP contribution in [0.4, 0.5) is 5.13 Å². The lowest BCUT2D eigenvalue weighted by molar-refractivity contribution is 0.418. The summed E-state index contributed by atoms with van der Waals surface area (Å²) in [5.41, 5.74) is 1.46. The minimum atomic E-state index is 0.292. The molecule has 0 aliphatic heterocycles. The first-order chi connectivity index (χ1) is 8.74. The van der Waals surface area contributed by atoms with E-state index in [0.29, 0.717) is 11.5 Å². The van der Waals surface area contributed by atoms with Crippen molar-refractivity contribution in [3.8, 4) is 0 Å². The number of hydrogen-bond donors (Lipinski definition) is 1. The third-order valence-electron chi connectivity index (χ3n) is 2.95. The summed E-state index contributed by atoms with van der Waals surface area (Å²) >= 11 is 1.82. The molecule has 0 aliphatic carbocycles. The van der Waals surface area contributed by atoms with E-state index >= 15 is 0 Å². The number of aryl methyl sites for hydroxylation is 1. The van der Waals surface area contributed by atoms with Gasteiger partial charge < -0.3 is 10.2 Å². The SMILES string of the molecule is CCCNC(C)c1sc(N(C)CC(C)(C)C)nc1C. The van der Waals surface area contributed by atoms with Crippen molar-refractivity contribution in [2.75, 3.05) is 25.0 Å². The summed E-state index contributed by atoms with van der Waals surface area (Å²) < 4.78 is 0. The van der Waals surface area contributed by atoms with Crippen molar-refractivity contribution in [3.05, 3.63) is 10.6 Å². The summed E-state index contributed by atoms with van der Waals surface area (Å²) in [6, 6.07) is 0.397. The molecule has 0 saturated heterocycles. The zero-order valence-corrected chi connectivity index (χ0v) is 14.3. The van der Waals surface area contributed by atoms with Crippen LogP contribution in [0, 0.1) is 12.3 Å². The van der Waals surface area contributed by atoms with Gasteiger partial charge in [-0.3, -0.25) is 0 Å². The van der Waals surface area contributed by atoms with Gasteiger partial charge in [0.25, 0.3) is 0 Å². The van der Waals surface area contributed by atoms with Crippen LogP contribution in [0.25, 0.3) is 0 Å². The van der Waals surface area contributed by atoms with E-state index in [-0.39, 0.29) is 0 Å². The smallest absolute Gasteiger partial charge is 0.185 e. The monoisotopic (exact) mass is 283 g/mol. The lowest BCUT2D eigenvalue weighted by Crippen LogP contribution is -2.28. The lowest BCUT2D eigenvalue weighted by Gasteiger charge is -2.26. The maximum absolute atomic E-state index is 4.73. The number of nitrogens with zero attached hydrogens (tertiary/aromatic N) is 2. The third kappa shape index (κ3) is 5.11. The van der Waals surface area contributed by atoms with Gasteiger partial charge in [-0.05, 0) is 32.2 Å². The molecule has 4 heteroatoms. The molecule has 1 aromatic heterocycles. The predicted octanol–water partition coefficient (Wildman–Crippen LogP) is 3.99. The maximum atomic E-state index is 4.73. The second kappa shape index (κ2) is 6.71. The molecule has 0 amide bonds. The highest BCUT2D eigenvalue weighted by atomic mass is 32.1. The molecule has 0 radical (unpaired) electrons. The topological polar surface area (TPSA) is 28.2 Å². The number of thiazole rings is 1. The van der Waals surface area contributed by atoms with Crippen LogP contribution in [0.5, 0.6) is 0 Å². The van der Waals surface area contributed by atoms with Gasteiger partial charge in [0.2, 0.25) is 0 Å². The number of hydrogen-bond acceptors (Lipinski definition) is 4. The van der Waals surface area contributed by atoms with Crippen molar-refractivity contribution in [2.24, 2.45) is 5.41 Å². The Balaban J connectivity index is 2.78. The van der Waals surface area contributed by atoms with E-state index in [1.54, 1.807) is 0 Å². The molecular weight excluding hydrogens is 254 g/mol. The first-order valence-corrected chi connectivity index (χ1v) is 7.98. The molecule has 0 bridgehead atoms. The van der Waals surface area contributed by atoms with E-state index in [4.69, 9.17) is 4.98 Å². The summed E-state index contributed by atoms with van der Waals surface area (Å²) in [7, 11) is 2.14. The molecule has 1 N–H and O–H groups in total. The van der Waals surface area contributed by atoms with Crippen LogP contribution in [0.3, 0.4) is 0 Å². The van der Waals surface area contributed by atoms with Crippen LogP contribution >= 0.6 is 11.3 Å². The lowest BCUT2D eigenvalue weighted by atomic mass is 9.96. The van der Waals surface area contributed by atoms with E-state index < -0.39 is 0 Å². The molecule has 19 heavy (non-hydrogen) atoms. The van der Waals surface area contributed by atoms with Gasteiger partial charge >= 0.3 is 0 Å². The summed E-state index contributed by atoms with van der Waals surface area (Å²) in [5, 5.41) is 4.67. The number of nitrogens with one attached hydrogen (secondary N) is 1. The van der Waals surface area contributed by atoms with Crippen LogP contribution in [-0.2, 0) is 0 Å². The molecule has 1 atom stereocenters. The first kappa shape index (κ1) is 16.4. The van der Waals surface area contributed by atoms with Gasteiger partial charge in [0, 0.05) is 24.5 Å². The molecule has 1 aromatic rings. The number of rotatable bonds is 6. The molecule has 1 unspecified atom stereocenters. The van der Waals surface area contributed by atoms with Gasteiger partial charge in [0.15, 0.2) is 5.13 Å². The Morgan fingerprint density at radius 1 is 1.37 bits per heavy atom. The fourth-order valence-electron chi connectivity index (χ4n) is 2.19. The van der Waals surface area contributed by atoms with E-state index in [1.807, 2.05) is 11.3 Å². The van der Waals surface area contributed by atoms with Gasteiger partial charge in [-0.25, -0.2) is 4.98 Å². The summed E-state index contributed by atoms with van der Waals surface area (Å²) in [6.45, 7) is 15.4. The Kier molecular flexibility index (Phi) is 5.81. The molecule has 0 fully saturated rings. The molecule has 0 spiro atoms. The average Bonchev–Trinajstić information content (AvgIpc) is 2.66. The fourth-order valence-corrected chi connectivity index (χ4v) is 3.24. The maximum Gasteiger partial charge on any atom is 0.185 e. The third-order valence-corrected chi connectivity index (χ3v) is 4.41. The Labute approximate surface area is 122 Å². The van der Waals surface area contributed by atoms with Crippen molar-refractivity contribution in [3.63, 3.8) is 0 Å². The summed E-state index contributed by atoms with van der Waals surface area (Å²) in [6.07, 6.45) is 1.17. The van der Waals surface area contributed by atoms with Crippen LogP contribution in [-0.4, -0.2) is 25.1 Å². The second-order valence-corrected chi connectivity index (χ2v) is 7.55. The standard InChI is InChI=1S/C15H29N3S/c1-8-9-16-11(2)13-12(3)17-14(19-13)18(7)10-15(4,5)6/h11,16H,8-10H2,1-7H3. The normalized spacial score (nSPS) is 13.6. The zero-order valence-electron chi connectivity index (χ0n) is 13.5. The van der Waals surface area contributed by atoms with Crippen LogP contribution in [0.15, 0.2) is 0 Å². The average molecular weight is 283 g/mol. The number of anilines is 1. The highest BCUT2D eigenvalue weighted by Crippen LogP contribution is 2.31. The minimum Gasteiger partial charge on any atom is -0.351 e. The van der Waals surface area contributed by atoms with E-state index in [9.17, 15) is 0 Å².